The Kier molecular flexibility index (Phi) is 2.54. The van der Waals surface area contributed by atoms with Crippen LogP contribution in [0, 0.1) is 17.8 Å². The molecule has 1 aliphatic carbocycles. The van der Waals surface area contributed by atoms with E-state index in [1.54, 1.807) is 0 Å². The van der Waals surface area contributed by atoms with Crippen molar-refractivity contribution < 1.29 is 9.90 Å². The Hall–Kier alpha value is -0.570. The lowest BCUT2D eigenvalue weighted by Crippen LogP contribution is -2.25. The SMILES string of the molecule is O=C1NCC(C2CCCC2)C1CO. The van der Waals surface area contributed by atoms with Crippen molar-refractivity contribution in [2.24, 2.45) is 17.8 Å². The van der Waals surface area contributed by atoms with Crippen LogP contribution in [0.4, 0.5) is 0 Å². The highest BCUT2D eigenvalue weighted by atomic mass is 16.3. The molecule has 0 aromatic rings. The minimum atomic E-state index is -0.122. The molecule has 1 saturated carbocycles. The molecule has 1 amide bonds. The smallest absolute Gasteiger partial charge is 0.225 e. The Balaban J connectivity index is 2.01. The van der Waals surface area contributed by atoms with Crippen molar-refractivity contribution in [1.82, 2.24) is 5.32 Å². The summed E-state index contributed by atoms with van der Waals surface area (Å²) in [4.78, 5) is 11.3. The van der Waals surface area contributed by atoms with Crippen LogP contribution in [0.1, 0.15) is 25.7 Å². The van der Waals surface area contributed by atoms with Crippen molar-refractivity contribution in [2.45, 2.75) is 25.7 Å². The second-order valence-corrected chi connectivity index (χ2v) is 4.24. The van der Waals surface area contributed by atoms with E-state index >= 15 is 0 Å². The molecule has 2 unspecified atom stereocenters. The zero-order valence-corrected chi connectivity index (χ0v) is 7.83. The van der Waals surface area contributed by atoms with Crippen LogP contribution >= 0.6 is 0 Å². The van der Waals surface area contributed by atoms with Gasteiger partial charge in [-0.1, -0.05) is 25.7 Å². The quantitative estimate of drug-likeness (QED) is 0.656. The summed E-state index contributed by atoms with van der Waals surface area (Å²) in [6, 6.07) is 0. The number of carbonyl (C=O) groups excluding carboxylic acids is 1. The summed E-state index contributed by atoms with van der Waals surface area (Å²) in [5.74, 6) is 1.01. The van der Waals surface area contributed by atoms with Gasteiger partial charge in [-0.05, 0) is 11.8 Å². The Morgan fingerprint density at radius 1 is 1.38 bits per heavy atom. The molecule has 1 aliphatic heterocycles. The molecular weight excluding hydrogens is 166 g/mol. The third kappa shape index (κ3) is 1.57. The molecule has 0 aromatic heterocycles. The third-order valence-electron chi connectivity index (χ3n) is 3.57. The summed E-state index contributed by atoms with van der Waals surface area (Å²) in [5.41, 5.74) is 0. The molecule has 0 aromatic carbocycles. The first-order valence-corrected chi connectivity index (χ1v) is 5.21. The average Bonchev–Trinajstić information content (AvgIpc) is 2.71. The Bertz CT molecular complexity index is 199. The molecule has 3 nitrogen and oxygen atoms in total. The highest BCUT2D eigenvalue weighted by Gasteiger charge is 2.39. The zero-order chi connectivity index (χ0) is 9.26. The van der Waals surface area contributed by atoms with Gasteiger partial charge in [0, 0.05) is 6.54 Å². The molecule has 3 heteroatoms. The fourth-order valence-electron chi connectivity index (χ4n) is 2.79. The molecule has 1 saturated heterocycles. The van der Waals surface area contributed by atoms with Crippen molar-refractivity contribution in [3.63, 3.8) is 0 Å². The second kappa shape index (κ2) is 3.66. The molecule has 2 rings (SSSR count). The monoisotopic (exact) mass is 183 g/mol. The van der Waals surface area contributed by atoms with Crippen molar-refractivity contribution in [1.29, 1.82) is 0 Å². The molecule has 13 heavy (non-hydrogen) atoms. The van der Waals surface area contributed by atoms with Gasteiger partial charge in [0.25, 0.3) is 0 Å². The molecule has 1 heterocycles. The van der Waals surface area contributed by atoms with E-state index in [0.29, 0.717) is 11.8 Å². The van der Waals surface area contributed by atoms with Gasteiger partial charge in [-0.15, -0.1) is 0 Å². The fourth-order valence-corrected chi connectivity index (χ4v) is 2.79. The topological polar surface area (TPSA) is 49.3 Å². The summed E-state index contributed by atoms with van der Waals surface area (Å²) in [7, 11) is 0. The average molecular weight is 183 g/mol. The fraction of sp³-hybridized carbons (Fsp3) is 0.900. The van der Waals surface area contributed by atoms with Crippen LogP contribution in [0.2, 0.25) is 0 Å². The van der Waals surface area contributed by atoms with Gasteiger partial charge >= 0.3 is 0 Å². The van der Waals surface area contributed by atoms with E-state index < -0.39 is 0 Å². The van der Waals surface area contributed by atoms with E-state index in [2.05, 4.69) is 5.32 Å². The van der Waals surface area contributed by atoms with Gasteiger partial charge in [-0.25, -0.2) is 0 Å². The van der Waals surface area contributed by atoms with Crippen LogP contribution in [0.15, 0.2) is 0 Å². The molecule has 2 fully saturated rings. The molecule has 0 spiro atoms. The predicted octanol–water partition coefficient (Wildman–Crippen LogP) is 0.531. The maximum atomic E-state index is 11.3. The van der Waals surface area contributed by atoms with Crippen molar-refractivity contribution in [2.75, 3.05) is 13.2 Å². The number of amides is 1. The van der Waals surface area contributed by atoms with Crippen molar-refractivity contribution >= 4 is 5.91 Å². The minimum absolute atomic E-state index is 0.0208. The largest absolute Gasteiger partial charge is 0.396 e. The minimum Gasteiger partial charge on any atom is -0.396 e. The Morgan fingerprint density at radius 3 is 2.69 bits per heavy atom. The normalized spacial score (nSPS) is 35.3. The second-order valence-electron chi connectivity index (χ2n) is 4.24. The van der Waals surface area contributed by atoms with Gasteiger partial charge in [0.15, 0.2) is 0 Å². The first-order chi connectivity index (χ1) is 6.33. The summed E-state index contributed by atoms with van der Waals surface area (Å²) in [6.07, 6.45) is 5.09. The highest BCUT2D eigenvalue weighted by molar-refractivity contribution is 5.81. The number of nitrogens with one attached hydrogen (secondary N) is 1. The number of aliphatic hydroxyl groups is 1. The van der Waals surface area contributed by atoms with Crippen LogP contribution in [0.3, 0.4) is 0 Å². The van der Waals surface area contributed by atoms with Crippen LogP contribution in [-0.2, 0) is 4.79 Å². The van der Waals surface area contributed by atoms with Gasteiger partial charge < -0.3 is 10.4 Å². The summed E-state index contributed by atoms with van der Waals surface area (Å²) < 4.78 is 0. The number of aliphatic hydroxyl groups excluding tert-OH is 1. The van der Waals surface area contributed by atoms with Crippen LogP contribution in [-0.4, -0.2) is 24.2 Å². The molecule has 2 N–H and O–H groups in total. The zero-order valence-electron chi connectivity index (χ0n) is 7.83. The van der Waals surface area contributed by atoms with Crippen LogP contribution < -0.4 is 5.32 Å². The summed E-state index contributed by atoms with van der Waals surface area (Å²) in [5, 5.41) is 12.0. The van der Waals surface area contributed by atoms with Crippen molar-refractivity contribution in [3.05, 3.63) is 0 Å². The molecule has 2 atom stereocenters. The lowest BCUT2D eigenvalue weighted by atomic mass is 9.83. The predicted molar refractivity (Wildman–Crippen MR) is 49.0 cm³/mol. The van der Waals surface area contributed by atoms with Gasteiger partial charge in [-0.3, -0.25) is 4.79 Å². The molecule has 0 radical (unpaired) electrons. The van der Waals surface area contributed by atoms with E-state index in [9.17, 15) is 4.79 Å². The van der Waals surface area contributed by atoms with E-state index in [4.69, 9.17) is 5.11 Å². The first-order valence-electron chi connectivity index (χ1n) is 5.21. The van der Waals surface area contributed by atoms with Gasteiger partial charge in [0.05, 0.1) is 12.5 Å². The number of hydrogen-bond donors (Lipinski definition) is 2. The number of hydrogen-bond acceptors (Lipinski definition) is 2. The standard InChI is InChI=1S/C10H17NO2/c12-6-9-8(5-11-10(9)13)7-3-1-2-4-7/h7-9,12H,1-6H2,(H,11,13). The van der Waals surface area contributed by atoms with Crippen LogP contribution in [0.5, 0.6) is 0 Å². The van der Waals surface area contributed by atoms with E-state index in [-0.39, 0.29) is 18.4 Å². The highest BCUT2D eigenvalue weighted by Crippen LogP contribution is 2.36. The van der Waals surface area contributed by atoms with Crippen molar-refractivity contribution in [3.8, 4) is 0 Å². The number of rotatable bonds is 2. The Labute approximate surface area is 78.5 Å². The summed E-state index contributed by atoms with van der Waals surface area (Å²) in [6.45, 7) is 0.807. The number of carbonyl (C=O) groups is 1. The molecule has 0 bridgehead atoms. The van der Waals surface area contributed by atoms with Gasteiger partial charge in [-0.2, -0.15) is 0 Å². The van der Waals surface area contributed by atoms with Crippen LogP contribution in [0.25, 0.3) is 0 Å². The molecule has 2 aliphatic rings. The van der Waals surface area contributed by atoms with Gasteiger partial charge in [0.2, 0.25) is 5.91 Å². The molecule has 74 valence electrons. The summed E-state index contributed by atoms with van der Waals surface area (Å²) >= 11 is 0. The van der Waals surface area contributed by atoms with E-state index in [1.165, 1.54) is 25.7 Å². The van der Waals surface area contributed by atoms with E-state index in [0.717, 1.165) is 6.54 Å². The Morgan fingerprint density at radius 2 is 2.08 bits per heavy atom. The van der Waals surface area contributed by atoms with E-state index in [1.807, 2.05) is 0 Å². The maximum absolute atomic E-state index is 11.3. The first kappa shape index (κ1) is 9.00. The molecular formula is C10H17NO2. The maximum Gasteiger partial charge on any atom is 0.225 e. The lowest BCUT2D eigenvalue weighted by Gasteiger charge is -2.20. The lowest BCUT2D eigenvalue weighted by molar-refractivity contribution is -0.124. The third-order valence-corrected chi connectivity index (χ3v) is 3.57. The van der Waals surface area contributed by atoms with Gasteiger partial charge in [0.1, 0.15) is 0 Å².